The third-order valence-electron chi connectivity index (χ3n) is 2.24. The predicted octanol–water partition coefficient (Wildman–Crippen LogP) is 4.95. The van der Waals surface area contributed by atoms with Crippen molar-refractivity contribution in [2.75, 3.05) is 5.32 Å². The molecule has 7 heteroatoms. The molecule has 1 amide bonds. The van der Waals surface area contributed by atoms with Crippen LogP contribution in [0.2, 0.25) is 20.4 Å². The van der Waals surface area contributed by atoms with Gasteiger partial charge in [0.25, 0.3) is 5.91 Å². The maximum Gasteiger partial charge on any atom is 0.257 e. The number of pyridine rings is 1. The van der Waals surface area contributed by atoms with Gasteiger partial charge in [-0.1, -0.05) is 46.4 Å². The van der Waals surface area contributed by atoms with Crippen molar-refractivity contribution in [3.8, 4) is 0 Å². The first kappa shape index (κ1) is 14.4. The minimum absolute atomic E-state index is 0.103. The third-order valence-corrected chi connectivity index (χ3v) is 3.29. The minimum atomic E-state index is -0.410. The first-order valence-corrected chi connectivity index (χ1v) is 6.57. The van der Waals surface area contributed by atoms with Gasteiger partial charge in [-0.2, -0.15) is 0 Å². The number of nitrogens with zero attached hydrogens (tertiary/aromatic N) is 1. The number of rotatable bonds is 2. The number of nitrogens with one attached hydrogen (secondary N) is 1. The fourth-order valence-corrected chi connectivity index (χ4v) is 2.26. The van der Waals surface area contributed by atoms with E-state index in [-0.39, 0.29) is 20.9 Å². The lowest BCUT2D eigenvalue weighted by molar-refractivity contribution is 0.102. The standard InChI is InChI=1S/C12H6Cl4N2O/c13-6-1-2-7(8(14)5-6)12(19)17-9-3-4-10(15)18-11(9)16/h1-5H,(H,17,19). The van der Waals surface area contributed by atoms with Crippen LogP contribution in [-0.4, -0.2) is 10.9 Å². The van der Waals surface area contributed by atoms with E-state index in [9.17, 15) is 4.79 Å². The highest BCUT2D eigenvalue weighted by atomic mass is 35.5. The molecule has 0 aliphatic heterocycles. The highest BCUT2D eigenvalue weighted by Crippen LogP contribution is 2.25. The van der Waals surface area contributed by atoms with Gasteiger partial charge in [-0.3, -0.25) is 4.79 Å². The molecule has 98 valence electrons. The van der Waals surface area contributed by atoms with Crippen molar-refractivity contribution in [1.82, 2.24) is 4.98 Å². The molecular weight excluding hydrogens is 330 g/mol. The van der Waals surface area contributed by atoms with Crippen molar-refractivity contribution in [3.63, 3.8) is 0 Å². The second kappa shape index (κ2) is 5.97. The van der Waals surface area contributed by atoms with E-state index in [0.29, 0.717) is 10.7 Å². The highest BCUT2D eigenvalue weighted by molar-refractivity contribution is 6.38. The zero-order valence-corrected chi connectivity index (χ0v) is 12.3. The van der Waals surface area contributed by atoms with Crippen LogP contribution in [0.1, 0.15) is 10.4 Å². The smallest absolute Gasteiger partial charge is 0.257 e. The maximum absolute atomic E-state index is 12.0. The Bertz CT molecular complexity index is 646. The van der Waals surface area contributed by atoms with Gasteiger partial charge in [-0.05, 0) is 30.3 Å². The second-order valence-electron chi connectivity index (χ2n) is 3.55. The number of carbonyl (C=O) groups is 1. The largest absolute Gasteiger partial charge is 0.319 e. The molecule has 0 saturated heterocycles. The molecule has 0 aliphatic rings. The fourth-order valence-electron chi connectivity index (χ4n) is 1.37. The molecule has 0 aliphatic carbocycles. The van der Waals surface area contributed by atoms with E-state index < -0.39 is 5.91 Å². The number of aromatic nitrogens is 1. The van der Waals surface area contributed by atoms with Gasteiger partial charge in [0.05, 0.1) is 16.3 Å². The summed E-state index contributed by atoms with van der Waals surface area (Å²) in [5, 5.41) is 3.64. The molecule has 1 aromatic carbocycles. The lowest BCUT2D eigenvalue weighted by atomic mass is 10.2. The van der Waals surface area contributed by atoms with Gasteiger partial charge in [-0.15, -0.1) is 0 Å². The Hall–Kier alpha value is -1.000. The van der Waals surface area contributed by atoms with E-state index in [0.717, 1.165) is 0 Å². The van der Waals surface area contributed by atoms with Crippen molar-refractivity contribution in [3.05, 3.63) is 56.2 Å². The molecule has 1 aromatic heterocycles. The average Bonchev–Trinajstić information content (AvgIpc) is 2.32. The van der Waals surface area contributed by atoms with E-state index >= 15 is 0 Å². The van der Waals surface area contributed by atoms with Crippen LogP contribution in [0.25, 0.3) is 0 Å². The van der Waals surface area contributed by atoms with E-state index in [1.54, 1.807) is 12.1 Å². The van der Waals surface area contributed by atoms with Crippen molar-refractivity contribution in [2.24, 2.45) is 0 Å². The van der Waals surface area contributed by atoms with Crippen LogP contribution in [0, 0.1) is 0 Å². The number of anilines is 1. The van der Waals surface area contributed by atoms with Crippen LogP contribution in [0.4, 0.5) is 5.69 Å². The number of benzene rings is 1. The number of hydrogen-bond donors (Lipinski definition) is 1. The van der Waals surface area contributed by atoms with Gasteiger partial charge < -0.3 is 5.32 Å². The maximum atomic E-state index is 12.0. The summed E-state index contributed by atoms with van der Waals surface area (Å²) in [6.07, 6.45) is 0. The number of hydrogen-bond acceptors (Lipinski definition) is 2. The molecule has 0 saturated carbocycles. The minimum Gasteiger partial charge on any atom is -0.319 e. The predicted molar refractivity (Wildman–Crippen MR) is 78.7 cm³/mol. The van der Waals surface area contributed by atoms with E-state index in [1.807, 2.05) is 0 Å². The lowest BCUT2D eigenvalue weighted by Crippen LogP contribution is -2.13. The first-order chi connectivity index (χ1) is 8.97. The first-order valence-electron chi connectivity index (χ1n) is 5.06. The van der Waals surface area contributed by atoms with Gasteiger partial charge >= 0.3 is 0 Å². The summed E-state index contributed by atoms with van der Waals surface area (Å²) < 4.78 is 0. The Labute approximate surface area is 129 Å². The van der Waals surface area contributed by atoms with Crippen molar-refractivity contribution < 1.29 is 4.79 Å². The SMILES string of the molecule is O=C(Nc1ccc(Cl)nc1Cl)c1ccc(Cl)cc1Cl. The summed E-state index contributed by atoms with van der Waals surface area (Å²) in [4.78, 5) is 15.8. The van der Waals surface area contributed by atoms with Crippen molar-refractivity contribution >= 4 is 58.0 Å². The Morgan fingerprint density at radius 3 is 2.42 bits per heavy atom. The van der Waals surface area contributed by atoms with Crippen LogP contribution < -0.4 is 5.32 Å². The summed E-state index contributed by atoms with van der Waals surface area (Å²) in [6.45, 7) is 0. The molecule has 2 aromatic rings. The van der Waals surface area contributed by atoms with Crippen LogP contribution >= 0.6 is 46.4 Å². The third kappa shape index (κ3) is 3.51. The monoisotopic (exact) mass is 334 g/mol. The van der Waals surface area contributed by atoms with E-state index in [1.165, 1.54) is 18.2 Å². The van der Waals surface area contributed by atoms with Gasteiger partial charge in [0.15, 0.2) is 5.15 Å². The molecule has 0 atom stereocenters. The summed E-state index contributed by atoms with van der Waals surface area (Å²) in [6, 6.07) is 7.66. The zero-order chi connectivity index (χ0) is 14.0. The molecule has 0 unspecified atom stereocenters. The van der Waals surface area contributed by atoms with Gasteiger partial charge in [0.1, 0.15) is 5.15 Å². The number of amides is 1. The summed E-state index contributed by atoms with van der Waals surface area (Å²) in [7, 11) is 0. The molecule has 0 fully saturated rings. The van der Waals surface area contributed by atoms with E-state index in [4.69, 9.17) is 46.4 Å². The fraction of sp³-hybridized carbons (Fsp3) is 0. The quantitative estimate of drug-likeness (QED) is 0.789. The molecule has 3 nitrogen and oxygen atoms in total. The summed E-state index contributed by atoms with van der Waals surface area (Å²) in [5.74, 6) is -0.410. The van der Waals surface area contributed by atoms with E-state index in [2.05, 4.69) is 10.3 Å². The summed E-state index contributed by atoms with van der Waals surface area (Å²) in [5.41, 5.74) is 0.638. The van der Waals surface area contributed by atoms with Crippen LogP contribution in [0.15, 0.2) is 30.3 Å². The Morgan fingerprint density at radius 2 is 1.79 bits per heavy atom. The van der Waals surface area contributed by atoms with Crippen LogP contribution in [-0.2, 0) is 0 Å². The molecule has 1 N–H and O–H groups in total. The van der Waals surface area contributed by atoms with Crippen LogP contribution in [0.3, 0.4) is 0 Å². The Kier molecular flexibility index (Phi) is 4.53. The highest BCUT2D eigenvalue weighted by Gasteiger charge is 2.13. The van der Waals surface area contributed by atoms with Gasteiger partial charge in [0.2, 0.25) is 0 Å². The molecule has 2 rings (SSSR count). The normalized spacial score (nSPS) is 10.3. The van der Waals surface area contributed by atoms with Crippen LogP contribution in [0.5, 0.6) is 0 Å². The molecular formula is C12H6Cl4N2O. The summed E-state index contributed by atoms with van der Waals surface area (Å²) >= 11 is 23.2. The topological polar surface area (TPSA) is 42.0 Å². The molecule has 0 bridgehead atoms. The average molecular weight is 336 g/mol. The Balaban J connectivity index is 2.25. The number of halogens is 4. The number of carbonyl (C=O) groups excluding carboxylic acids is 1. The molecule has 0 spiro atoms. The van der Waals surface area contributed by atoms with Crippen molar-refractivity contribution in [2.45, 2.75) is 0 Å². The lowest BCUT2D eigenvalue weighted by Gasteiger charge is -2.08. The van der Waals surface area contributed by atoms with Gasteiger partial charge in [0, 0.05) is 5.02 Å². The Morgan fingerprint density at radius 1 is 1.05 bits per heavy atom. The zero-order valence-electron chi connectivity index (χ0n) is 9.25. The molecule has 0 radical (unpaired) electrons. The van der Waals surface area contributed by atoms with Crippen molar-refractivity contribution in [1.29, 1.82) is 0 Å². The van der Waals surface area contributed by atoms with Gasteiger partial charge in [-0.25, -0.2) is 4.98 Å². The second-order valence-corrected chi connectivity index (χ2v) is 5.14. The molecule has 1 heterocycles. The molecule has 19 heavy (non-hydrogen) atoms.